The SMILES string of the molecule is Cc1ccc(COc2ccc(NC(=O)/C(C#N)=C/c3cc(Cl)ccc3OCc3ccc(C)cc3)cc2)cc1. The predicted octanol–water partition coefficient (Wildman–Crippen LogP) is 7.66. The van der Waals surface area contributed by atoms with Crippen LogP contribution in [-0.2, 0) is 18.0 Å². The van der Waals surface area contributed by atoms with Crippen LogP contribution in [0.25, 0.3) is 6.08 Å². The number of aryl methyl sites for hydroxylation is 2. The molecule has 1 amide bonds. The van der Waals surface area contributed by atoms with Gasteiger partial charge in [-0.3, -0.25) is 4.79 Å². The van der Waals surface area contributed by atoms with Crippen LogP contribution in [0.4, 0.5) is 5.69 Å². The zero-order valence-corrected chi connectivity index (χ0v) is 22.0. The average molecular weight is 523 g/mol. The Kier molecular flexibility index (Phi) is 8.81. The van der Waals surface area contributed by atoms with Gasteiger partial charge >= 0.3 is 0 Å². The number of anilines is 1. The Morgan fingerprint density at radius 1 is 0.842 bits per heavy atom. The average Bonchev–Trinajstić information content (AvgIpc) is 2.92. The fourth-order valence-corrected chi connectivity index (χ4v) is 3.78. The molecule has 5 nitrogen and oxygen atoms in total. The van der Waals surface area contributed by atoms with Crippen LogP contribution in [0.5, 0.6) is 11.5 Å². The first-order valence-corrected chi connectivity index (χ1v) is 12.5. The number of amides is 1. The van der Waals surface area contributed by atoms with Gasteiger partial charge in [0.1, 0.15) is 36.4 Å². The van der Waals surface area contributed by atoms with Gasteiger partial charge in [-0.25, -0.2) is 0 Å². The molecule has 0 aliphatic carbocycles. The number of benzene rings is 4. The monoisotopic (exact) mass is 522 g/mol. The number of hydrogen-bond acceptors (Lipinski definition) is 4. The summed E-state index contributed by atoms with van der Waals surface area (Å²) < 4.78 is 11.8. The number of hydrogen-bond donors (Lipinski definition) is 1. The van der Waals surface area contributed by atoms with Gasteiger partial charge in [0.2, 0.25) is 0 Å². The Balaban J connectivity index is 1.41. The number of carbonyl (C=O) groups excluding carboxylic acids is 1. The fraction of sp³-hybridized carbons (Fsp3) is 0.125. The van der Waals surface area contributed by atoms with E-state index in [1.807, 2.05) is 68.4 Å². The lowest BCUT2D eigenvalue weighted by Crippen LogP contribution is -2.13. The largest absolute Gasteiger partial charge is 0.489 e. The molecule has 0 saturated carbocycles. The van der Waals surface area contributed by atoms with Gasteiger partial charge in [0.25, 0.3) is 5.91 Å². The third kappa shape index (κ3) is 7.49. The molecule has 1 N–H and O–H groups in total. The summed E-state index contributed by atoms with van der Waals surface area (Å²) in [6, 6.07) is 30.2. The van der Waals surface area contributed by atoms with Crippen molar-refractivity contribution in [1.82, 2.24) is 0 Å². The quantitative estimate of drug-likeness (QED) is 0.181. The van der Waals surface area contributed by atoms with Crippen LogP contribution in [0.1, 0.15) is 27.8 Å². The number of nitrogens with zero attached hydrogens (tertiary/aromatic N) is 1. The highest BCUT2D eigenvalue weighted by molar-refractivity contribution is 6.30. The molecular formula is C32H27ClN2O3. The van der Waals surface area contributed by atoms with E-state index in [0.29, 0.717) is 41.0 Å². The van der Waals surface area contributed by atoms with Gasteiger partial charge in [0.15, 0.2) is 0 Å². The van der Waals surface area contributed by atoms with E-state index in [0.717, 1.165) is 16.7 Å². The third-order valence-corrected chi connectivity index (χ3v) is 6.03. The van der Waals surface area contributed by atoms with Crippen molar-refractivity contribution in [3.63, 3.8) is 0 Å². The van der Waals surface area contributed by atoms with E-state index < -0.39 is 5.91 Å². The van der Waals surface area contributed by atoms with Gasteiger partial charge in [0.05, 0.1) is 0 Å². The maximum absolute atomic E-state index is 12.9. The lowest BCUT2D eigenvalue weighted by molar-refractivity contribution is -0.112. The molecule has 0 radical (unpaired) electrons. The maximum atomic E-state index is 12.9. The molecule has 0 atom stereocenters. The molecular weight excluding hydrogens is 496 g/mol. The lowest BCUT2D eigenvalue weighted by atomic mass is 10.1. The number of carbonyl (C=O) groups is 1. The van der Waals surface area contributed by atoms with Crippen molar-refractivity contribution in [2.75, 3.05) is 5.32 Å². The first-order valence-electron chi connectivity index (χ1n) is 12.1. The second-order valence-electron chi connectivity index (χ2n) is 8.88. The molecule has 0 bridgehead atoms. The van der Waals surface area contributed by atoms with Crippen LogP contribution in [0.2, 0.25) is 5.02 Å². The first-order chi connectivity index (χ1) is 18.4. The van der Waals surface area contributed by atoms with E-state index in [1.165, 1.54) is 11.6 Å². The molecule has 6 heteroatoms. The van der Waals surface area contributed by atoms with Crippen LogP contribution >= 0.6 is 11.6 Å². The van der Waals surface area contributed by atoms with Crippen LogP contribution in [0.3, 0.4) is 0 Å². The number of nitriles is 1. The summed E-state index contributed by atoms with van der Waals surface area (Å²) in [6.45, 7) is 4.85. The summed E-state index contributed by atoms with van der Waals surface area (Å²) in [5.74, 6) is 0.657. The Labute approximate surface area is 227 Å². The van der Waals surface area contributed by atoms with E-state index in [1.54, 1.807) is 42.5 Å². The van der Waals surface area contributed by atoms with Gasteiger partial charge < -0.3 is 14.8 Å². The van der Waals surface area contributed by atoms with Crippen LogP contribution in [-0.4, -0.2) is 5.91 Å². The molecule has 0 saturated heterocycles. The van der Waals surface area contributed by atoms with E-state index in [-0.39, 0.29) is 5.57 Å². The molecule has 4 aromatic carbocycles. The van der Waals surface area contributed by atoms with E-state index >= 15 is 0 Å². The van der Waals surface area contributed by atoms with Crippen LogP contribution < -0.4 is 14.8 Å². The van der Waals surface area contributed by atoms with Gasteiger partial charge in [-0.1, -0.05) is 71.3 Å². The van der Waals surface area contributed by atoms with E-state index in [2.05, 4.69) is 5.32 Å². The molecule has 0 aliphatic rings. The molecule has 0 aromatic heterocycles. The molecule has 4 rings (SSSR count). The topological polar surface area (TPSA) is 71.3 Å². The van der Waals surface area contributed by atoms with Gasteiger partial charge in [0, 0.05) is 16.3 Å². The zero-order chi connectivity index (χ0) is 26.9. The summed E-state index contributed by atoms with van der Waals surface area (Å²) in [5.41, 5.74) is 5.44. The maximum Gasteiger partial charge on any atom is 0.266 e. The summed E-state index contributed by atoms with van der Waals surface area (Å²) in [5, 5.41) is 12.9. The van der Waals surface area contributed by atoms with Crippen LogP contribution in [0.15, 0.2) is 96.6 Å². The molecule has 4 aromatic rings. The summed E-state index contributed by atoms with van der Waals surface area (Å²) in [7, 11) is 0. The zero-order valence-electron chi connectivity index (χ0n) is 21.2. The van der Waals surface area contributed by atoms with Gasteiger partial charge in [-0.15, -0.1) is 0 Å². The van der Waals surface area contributed by atoms with Crippen molar-refractivity contribution in [3.05, 3.63) is 129 Å². The minimum atomic E-state index is -0.537. The van der Waals surface area contributed by atoms with Crippen molar-refractivity contribution >= 4 is 29.3 Å². The highest BCUT2D eigenvalue weighted by Crippen LogP contribution is 2.27. The fourth-order valence-electron chi connectivity index (χ4n) is 3.60. The van der Waals surface area contributed by atoms with E-state index in [9.17, 15) is 10.1 Å². The molecule has 0 heterocycles. The Morgan fingerprint density at radius 2 is 1.42 bits per heavy atom. The third-order valence-electron chi connectivity index (χ3n) is 5.79. The first kappa shape index (κ1) is 26.5. The highest BCUT2D eigenvalue weighted by Gasteiger charge is 2.12. The summed E-state index contributed by atoms with van der Waals surface area (Å²) in [6.07, 6.45) is 1.48. The second kappa shape index (κ2) is 12.6. The number of nitrogens with one attached hydrogen (secondary N) is 1. The Bertz CT molecular complexity index is 1470. The smallest absolute Gasteiger partial charge is 0.266 e. The summed E-state index contributed by atoms with van der Waals surface area (Å²) >= 11 is 6.19. The van der Waals surface area contributed by atoms with E-state index in [4.69, 9.17) is 21.1 Å². The van der Waals surface area contributed by atoms with Crippen molar-refractivity contribution < 1.29 is 14.3 Å². The normalized spacial score (nSPS) is 10.9. The van der Waals surface area contributed by atoms with Crippen LogP contribution in [0, 0.1) is 25.2 Å². The molecule has 0 spiro atoms. The number of ether oxygens (including phenoxy) is 2. The van der Waals surface area contributed by atoms with Crippen molar-refractivity contribution in [1.29, 1.82) is 5.26 Å². The Hall–Kier alpha value is -4.53. The molecule has 38 heavy (non-hydrogen) atoms. The number of halogens is 1. The predicted molar refractivity (Wildman–Crippen MR) is 151 cm³/mol. The molecule has 190 valence electrons. The molecule has 0 unspecified atom stereocenters. The standard InChI is InChI=1S/C32H27ClN2O3/c1-22-3-7-24(8-4-22)20-37-30-14-12-29(13-15-30)35-32(36)27(19-34)17-26-18-28(33)11-16-31(26)38-21-25-9-5-23(2)6-10-25/h3-18H,20-21H2,1-2H3,(H,35,36)/b27-17+. The van der Waals surface area contributed by atoms with Crippen molar-refractivity contribution in [2.45, 2.75) is 27.1 Å². The minimum Gasteiger partial charge on any atom is -0.489 e. The van der Waals surface area contributed by atoms with Crippen molar-refractivity contribution in [2.24, 2.45) is 0 Å². The number of rotatable bonds is 9. The highest BCUT2D eigenvalue weighted by atomic mass is 35.5. The van der Waals surface area contributed by atoms with Crippen molar-refractivity contribution in [3.8, 4) is 17.6 Å². The summed E-state index contributed by atoms with van der Waals surface area (Å²) in [4.78, 5) is 12.9. The molecule has 0 fully saturated rings. The Morgan fingerprint density at radius 3 is 2.00 bits per heavy atom. The van der Waals surface area contributed by atoms with Gasteiger partial charge in [-0.05, 0) is 73.5 Å². The lowest BCUT2D eigenvalue weighted by Gasteiger charge is -2.11. The second-order valence-corrected chi connectivity index (χ2v) is 9.32. The van der Waals surface area contributed by atoms with Gasteiger partial charge in [-0.2, -0.15) is 5.26 Å². The minimum absolute atomic E-state index is 0.0767. The molecule has 0 aliphatic heterocycles.